The number of benzene rings is 2. The number of pyridine rings is 1. The molecule has 3 aromatic rings. The Morgan fingerprint density at radius 3 is 2.26 bits per heavy atom. The number of likely N-dealkylation sites (tertiary alicyclic amines) is 1. The van der Waals surface area contributed by atoms with Gasteiger partial charge in [-0.2, -0.15) is 5.26 Å². The lowest BCUT2D eigenvalue weighted by molar-refractivity contribution is 0.0645. The van der Waals surface area contributed by atoms with Gasteiger partial charge in [-0.05, 0) is 92.8 Å². The first-order valence-corrected chi connectivity index (χ1v) is 14.3. The number of carbonyl (C=O) groups excluding carboxylic acids is 3. The molecule has 1 fully saturated rings. The third-order valence-corrected chi connectivity index (χ3v) is 7.50. The number of piperidine rings is 1. The number of Topliss-reactive ketones (excluding diaryl/α,β-unsaturated/α-hetero) is 1. The van der Waals surface area contributed by atoms with Gasteiger partial charge in [0.1, 0.15) is 17.2 Å². The molecule has 4 rings (SSSR count). The molecule has 1 unspecified atom stereocenters. The molecule has 9 heteroatoms. The fraction of sp³-hybridized carbons (Fsp3) is 0.364. The van der Waals surface area contributed by atoms with E-state index in [-0.39, 0.29) is 35.3 Å². The van der Waals surface area contributed by atoms with Crippen LogP contribution in [0.3, 0.4) is 0 Å². The zero-order valence-electron chi connectivity index (χ0n) is 24.0. The predicted molar refractivity (Wildman–Crippen MR) is 158 cm³/mol. The van der Waals surface area contributed by atoms with Crippen molar-refractivity contribution in [2.24, 2.45) is 5.92 Å². The van der Waals surface area contributed by atoms with Gasteiger partial charge >= 0.3 is 0 Å². The molecule has 1 aliphatic heterocycles. The van der Waals surface area contributed by atoms with E-state index in [0.29, 0.717) is 54.9 Å². The SMILES string of the molecule is CCC(CCCNC(=O)c1ccc(C(=O)N2CCC(C(=O)c3ccc(OC)cc3)CC2)nc1)Oc1ccc(C#N)cc1. The van der Waals surface area contributed by atoms with Gasteiger partial charge < -0.3 is 19.7 Å². The molecule has 218 valence electrons. The van der Waals surface area contributed by atoms with Crippen LogP contribution >= 0.6 is 0 Å². The molecule has 1 aromatic heterocycles. The number of nitriles is 1. The van der Waals surface area contributed by atoms with Crippen LogP contribution in [0.4, 0.5) is 0 Å². The number of methoxy groups -OCH3 is 1. The summed E-state index contributed by atoms with van der Waals surface area (Å²) < 4.78 is 11.2. The van der Waals surface area contributed by atoms with Crippen molar-refractivity contribution in [1.29, 1.82) is 5.26 Å². The molecule has 0 spiro atoms. The fourth-order valence-electron chi connectivity index (χ4n) is 4.93. The van der Waals surface area contributed by atoms with Crippen LogP contribution in [0.5, 0.6) is 11.5 Å². The number of amides is 2. The van der Waals surface area contributed by atoms with E-state index in [0.717, 1.165) is 25.0 Å². The molecule has 9 nitrogen and oxygen atoms in total. The highest BCUT2D eigenvalue weighted by Crippen LogP contribution is 2.24. The summed E-state index contributed by atoms with van der Waals surface area (Å²) in [5.74, 6) is 0.928. The fourth-order valence-corrected chi connectivity index (χ4v) is 4.93. The van der Waals surface area contributed by atoms with Gasteiger partial charge in [0.25, 0.3) is 11.8 Å². The van der Waals surface area contributed by atoms with E-state index in [4.69, 9.17) is 14.7 Å². The maximum atomic E-state index is 13.0. The number of aromatic nitrogens is 1. The lowest BCUT2D eigenvalue weighted by atomic mass is 9.88. The number of ether oxygens (including phenoxy) is 2. The van der Waals surface area contributed by atoms with Crippen molar-refractivity contribution in [1.82, 2.24) is 15.2 Å². The smallest absolute Gasteiger partial charge is 0.272 e. The van der Waals surface area contributed by atoms with Crippen molar-refractivity contribution in [2.75, 3.05) is 26.7 Å². The summed E-state index contributed by atoms with van der Waals surface area (Å²) in [5, 5.41) is 11.8. The van der Waals surface area contributed by atoms with Crippen molar-refractivity contribution in [3.05, 3.63) is 89.2 Å². The molecular formula is C33H36N4O5. The van der Waals surface area contributed by atoms with E-state index in [1.54, 1.807) is 72.7 Å². The molecule has 0 saturated carbocycles. The number of ketones is 1. The molecule has 2 heterocycles. The topological polar surface area (TPSA) is 122 Å². The minimum Gasteiger partial charge on any atom is -0.497 e. The summed E-state index contributed by atoms with van der Waals surface area (Å²) in [4.78, 5) is 44.4. The van der Waals surface area contributed by atoms with E-state index < -0.39 is 0 Å². The van der Waals surface area contributed by atoms with Crippen LogP contribution < -0.4 is 14.8 Å². The van der Waals surface area contributed by atoms with Crippen LogP contribution in [-0.4, -0.2) is 60.3 Å². The van der Waals surface area contributed by atoms with Crippen molar-refractivity contribution in [2.45, 2.75) is 45.1 Å². The number of rotatable bonds is 12. The lowest BCUT2D eigenvalue weighted by Gasteiger charge is -2.31. The number of nitrogens with one attached hydrogen (secondary N) is 1. The van der Waals surface area contributed by atoms with Crippen molar-refractivity contribution in [3.63, 3.8) is 0 Å². The van der Waals surface area contributed by atoms with Gasteiger partial charge in [-0.15, -0.1) is 0 Å². The Kier molecular flexibility index (Phi) is 10.6. The normalized spacial score (nSPS) is 14.0. The summed E-state index contributed by atoms with van der Waals surface area (Å²) in [6, 6.07) is 19.4. The first-order valence-electron chi connectivity index (χ1n) is 14.3. The van der Waals surface area contributed by atoms with Crippen LogP contribution in [0.15, 0.2) is 66.9 Å². The first-order chi connectivity index (χ1) is 20.4. The number of hydrogen-bond acceptors (Lipinski definition) is 7. The predicted octanol–water partition coefficient (Wildman–Crippen LogP) is 5.06. The standard InChI is InChI=1S/C33H36N4O5/c1-3-27(42-29-11-6-23(21-34)7-12-29)5-4-18-35-32(39)26-10-15-30(36-22-26)33(40)37-19-16-25(17-20-37)31(38)24-8-13-28(41-2)14-9-24/h6-15,22,25,27H,3-5,16-20H2,1-2H3,(H,35,39). The average molecular weight is 569 g/mol. The lowest BCUT2D eigenvalue weighted by Crippen LogP contribution is -2.40. The molecular weight excluding hydrogens is 532 g/mol. The van der Waals surface area contributed by atoms with E-state index in [9.17, 15) is 14.4 Å². The minimum absolute atomic E-state index is 0.00688. The van der Waals surface area contributed by atoms with Gasteiger partial charge in [0, 0.05) is 37.3 Å². The average Bonchev–Trinajstić information content (AvgIpc) is 3.05. The van der Waals surface area contributed by atoms with Crippen LogP contribution in [0.25, 0.3) is 0 Å². The van der Waals surface area contributed by atoms with Crippen LogP contribution in [-0.2, 0) is 0 Å². The third-order valence-electron chi connectivity index (χ3n) is 7.50. The van der Waals surface area contributed by atoms with Crippen molar-refractivity contribution in [3.8, 4) is 17.6 Å². The molecule has 2 aromatic carbocycles. The second-order valence-electron chi connectivity index (χ2n) is 10.3. The summed E-state index contributed by atoms with van der Waals surface area (Å²) >= 11 is 0. The molecule has 0 aliphatic carbocycles. The van der Waals surface area contributed by atoms with Gasteiger partial charge in [0.05, 0.1) is 30.4 Å². The molecule has 1 saturated heterocycles. The van der Waals surface area contributed by atoms with Crippen LogP contribution in [0, 0.1) is 17.2 Å². The minimum atomic E-state index is -0.250. The first kappa shape index (κ1) is 30.3. The second kappa shape index (κ2) is 14.8. The van der Waals surface area contributed by atoms with E-state index in [1.165, 1.54) is 6.20 Å². The molecule has 0 bridgehead atoms. The third kappa shape index (κ3) is 7.94. The Labute approximate surface area is 246 Å². The monoisotopic (exact) mass is 568 g/mol. The highest BCUT2D eigenvalue weighted by Gasteiger charge is 2.29. The molecule has 1 aliphatic rings. The number of nitrogens with zero attached hydrogens (tertiary/aromatic N) is 3. The molecule has 1 atom stereocenters. The Morgan fingerprint density at radius 1 is 1.00 bits per heavy atom. The van der Waals surface area contributed by atoms with Gasteiger partial charge in [-0.25, -0.2) is 0 Å². The highest BCUT2D eigenvalue weighted by molar-refractivity contribution is 5.98. The summed E-state index contributed by atoms with van der Waals surface area (Å²) in [7, 11) is 1.59. The van der Waals surface area contributed by atoms with Crippen LogP contribution in [0.1, 0.15) is 75.8 Å². The van der Waals surface area contributed by atoms with E-state index >= 15 is 0 Å². The quantitative estimate of drug-likeness (QED) is 0.239. The highest BCUT2D eigenvalue weighted by atomic mass is 16.5. The summed E-state index contributed by atoms with van der Waals surface area (Å²) in [6.07, 6.45) is 4.94. The van der Waals surface area contributed by atoms with Gasteiger partial charge in [0.2, 0.25) is 0 Å². The maximum Gasteiger partial charge on any atom is 0.272 e. The van der Waals surface area contributed by atoms with Crippen molar-refractivity contribution >= 4 is 17.6 Å². The number of carbonyl (C=O) groups is 3. The van der Waals surface area contributed by atoms with Crippen LogP contribution in [0.2, 0.25) is 0 Å². The largest absolute Gasteiger partial charge is 0.497 e. The zero-order valence-corrected chi connectivity index (χ0v) is 24.0. The van der Waals surface area contributed by atoms with Gasteiger partial charge in [-0.3, -0.25) is 19.4 Å². The maximum absolute atomic E-state index is 13.0. The molecule has 0 radical (unpaired) electrons. The summed E-state index contributed by atoms with van der Waals surface area (Å²) in [5.41, 5.74) is 1.90. The molecule has 2 amide bonds. The Bertz CT molecular complexity index is 1390. The van der Waals surface area contributed by atoms with E-state index in [1.807, 2.05) is 6.92 Å². The Balaban J connectivity index is 1.19. The second-order valence-corrected chi connectivity index (χ2v) is 10.3. The Morgan fingerprint density at radius 2 is 1.67 bits per heavy atom. The Hall–Kier alpha value is -4.71. The van der Waals surface area contributed by atoms with Gasteiger partial charge in [-0.1, -0.05) is 6.92 Å². The van der Waals surface area contributed by atoms with Crippen molar-refractivity contribution < 1.29 is 23.9 Å². The summed E-state index contributed by atoms with van der Waals surface area (Å²) in [6.45, 7) is 3.48. The number of hydrogen-bond donors (Lipinski definition) is 1. The zero-order chi connectivity index (χ0) is 29.9. The van der Waals surface area contributed by atoms with Gasteiger partial charge in [0.15, 0.2) is 5.78 Å². The molecule has 1 N–H and O–H groups in total. The van der Waals surface area contributed by atoms with E-state index in [2.05, 4.69) is 16.4 Å². The molecule has 42 heavy (non-hydrogen) atoms.